The van der Waals surface area contributed by atoms with E-state index in [2.05, 4.69) is 25.1 Å². The van der Waals surface area contributed by atoms with Crippen molar-refractivity contribution >= 4 is 33.6 Å². The van der Waals surface area contributed by atoms with E-state index in [1.807, 2.05) is 48.5 Å². The number of carbonyl (C=O) groups is 1. The van der Waals surface area contributed by atoms with E-state index < -0.39 is 5.97 Å². The van der Waals surface area contributed by atoms with Crippen LogP contribution in [0, 0.1) is 0 Å². The molecule has 3 aromatic carbocycles. The highest BCUT2D eigenvalue weighted by Crippen LogP contribution is 2.42. The summed E-state index contributed by atoms with van der Waals surface area (Å²) >= 11 is 0. The second-order valence-corrected chi connectivity index (χ2v) is 8.38. The number of nitrogens with one attached hydrogen (secondary N) is 1. The number of nitrogens with zero attached hydrogens (tertiary/aromatic N) is 4. The predicted molar refractivity (Wildman–Crippen MR) is 141 cm³/mol. The van der Waals surface area contributed by atoms with Crippen LogP contribution in [0.4, 0.5) is 0 Å². The quantitative estimate of drug-likeness (QED) is 0.211. The highest BCUT2D eigenvalue weighted by molar-refractivity contribution is 6.26. The smallest absolute Gasteiger partial charge is 0.336 e. The Kier molecular flexibility index (Phi) is 5.39. The summed E-state index contributed by atoms with van der Waals surface area (Å²) in [5.41, 5.74) is 8.29. The molecule has 0 bridgehead atoms. The molecule has 0 aliphatic heterocycles. The first-order chi connectivity index (χ1) is 18.2. The van der Waals surface area contributed by atoms with E-state index >= 15 is 0 Å². The lowest BCUT2D eigenvalue weighted by molar-refractivity contribution is 0.0699. The van der Waals surface area contributed by atoms with Gasteiger partial charge in [-0.1, -0.05) is 59.8 Å². The summed E-state index contributed by atoms with van der Waals surface area (Å²) in [4.78, 5) is 27.0. The van der Waals surface area contributed by atoms with E-state index in [4.69, 9.17) is 5.11 Å². The van der Waals surface area contributed by atoms with Crippen molar-refractivity contribution < 1.29 is 15.1 Å². The van der Waals surface area contributed by atoms with Crippen LogP contribution in [-0.4, -0.2) is 41.9 Å². The zero-order chi connectivity index (χ0) is 25.4. The lowest BCUT2D eigenvalue weighted by Crippen LogP contribution is -1.97. The van der Waals surface area contributed by atoms with Crippen LogP contribution < -0.4 is 0 Å². The number of imidazole rings is 1. The Balaban J connectivity index is 0.000000164. The molecule has 1 aliphatic carbocycles. The lowest BCUT2D eigenvalue weighted by atomic mass is 9.99. The molecule has 178 valence electrons. The van der Waals surface area contributed by atoms with Crippen LogP contribution in [0.25, 0.3) is 44.5 Å². The number of pyridine rings is 2. The molecule has 0 unspecified atom stereocenters. The second kappa shape index (κ2) is 9.01. The Hall–Kier alpha value is -5.37. The Morgan fingerprint density at radius 1 is 0.784 bits per heavy atom. The third-order valence-corrected chi connectivity index (χ3v) is 6.29. The van der Waals surface area contributed by atoms with Gasteiger partial charge in [0.2, 0.25) is 0 Å². The lowest BCUT2D eigenvalue weighted by Gasteiger charge is -2.06. The summed E-state index contributed by atoms with van der Waals surface area (Å²) in [6, 6.07) is 24.3. The van der Waals surface area contributed by atoms with E-state index in [1.165, 1.54) is 0 Å². The molecule has 7 rings (SSSR count). The van der Waals surface area contributed by atoms with Gasteiger partial charge in [0.15, 0.2) is 0 Å². The van der Waals surface area contributed by atoms with E-state index in [0.717, 1.165) is 44.7 Å². The minimum absolute atomic E-state index is 0.297. The van der Waals surface area contributed by atoms with Gasteiger partial charge in [0, 0.05) is 40.0 Å². The number of hydrogen-bond acceptors (Lipinski definition) is 6. The molecule has 0 fully saturated rings. The van der Waals surface area contributed by atoms with E-state index in [-0.39, 0.29) is 0 Å². The van der Waals surface area contributed by atoms with Crippen LogP contribution in [0.2, 0.25) is 0 Å². The van der Waals surface area contributed by atoms with Gasteiger partial charge in [-0.2, -0.15) is 0 Å². The number of carboxylic acid groups (broad SMARTS) is 1. The predicted octanol–water partition coefficient (Wildman–Crippen LogP) is 5.76. The van der Waals surface area contributed by atoms with Crippen LogP contribution in [-0.2, 0) is 0 Å². The topological polar surface area (TPSA) is 124 Å². The fraction of sp³-hybridized carbons (Fsp3) is 0. The van der Waals surface area contributed by atoms with Crippen molar-refractivity contribution in [3.63, 3.8) is 0 Å². The molecule has 0 saturated heterocycles. The zero-order valence-electron chi connectivity index (χ0n) is 19.3. The SMILES string of the molecule is O=C(O)c1cccc2ncccc12.ON=C1c2ccccc2-c2c1cccc2-c1nc2ccncc2[nH]1. The summed E-state index contributed by atoms with van der Waals surface area (Å²) in [5, 5.41) is 22.5. The Labute approximate surface area is 210 Å². The molecular weight excluding hydrogens is 466 g/mol. The largest absolute Gasteiger partial charge is 0.478 e. The van der Waals surface area contributed by atoms with Gasteiger partial charge < -0.3 is 15.3 Å². The average molecular weight is 486 g/mol. The first-order valence-corrected chi connectivity index (χ1v) is 11.5. The van der Waals surface area contributed by atoms with Gasteiger partial charge in [-0.15, -0.1) is 0 Å². The van der Waals surface area contributed by atoms with Crippen molar-refractivity contribution in [1.29, 1.82) is 0 Å². The molecule has 8 heteroatoms. The Morgan fingerprint density at radius 2 is 1.57 bits per heavy atom. The summed E-state index contributed by atoms with van der Waals surface area (Å²) in [7, 11) is 0. The maximum atomic E-state index is 10.8. The molecule has 0 spiro atoms. The number of aromatic nitrogens is 4. The molecule has 0 radical (unpaired) electrons. The Morgan fingerprint density at radius 3 is 2.38 bits per heavy atom. The number of aromatic amines is 1. The molecule has 0 amide bonds. The van der Waals surface area contributed by atoms with Crippen LogP contribution in [0.5, 0.6) is 0 Å². The van der Waals surface area contributed by atoms with Gasteiger partial charge in [0.05, 0.1) is 28.3 Å². The number of carboxylic acids is 1. The number of benzene rings is 3. The minimum Gasteiger partial charge on any atom is -0.478 e. The molecular formula is C29H19N5O3. The molecule has 37 heavy (non-hydrogen) atoms. The first-order valence-electron chi connectivity index (χ1n) is 11.5. The third-order valence-electron chi connectivity index (χ3n) is 6.29. The summed E-state index contributed by atoms with van der Waals surface area (Å²) < 4.78 is 0. The molecule has 0 atom stereocenters. The van der Waals surface area contributed by atoms with Crippen LogP contribution in [0.15, 0.2) is 103 Å². The monoisotopic (exact) mass is 485 g/mol. The number of hydrogen-bond donors (Lipinski definition) is 3. The molecule has 8 nitrogen and oxygen atoms in total. The van der Waals surface area contributed by atoms with Gasteiger partial charge in [-0.25, -0.2) is 9.78 Å². The maximum Gasteiger partial charge on any atom is 0.336 e. The number of fused-ring (bicyclic) bond motifs is 5. The van der Waals surface area contributed by atoms with Gasteiger partial charge in [0.1, 0.15) is 11.5 Å². The standard InChI is InChI=1S/C19H12N4O.C10H7NO2/c24-23-18-12-5-2-1-4-11(12)17-13(18)6-3-7-14(17)19-21-15-8-9-20-10-16(15)22-19;12-10(13)8-3-1-5-9-7(8)4-2-6-11-9/h1-10,24H,(H,21,22);1-6H,(H,12,13). The van der Waals surface area contributed by atoms with E-state index in [9.17, 15) is 10.0 Å². The van der Waals surface area contributed by atoms with Gasteiger partial charge in [-0.05, 0) is 29.8 Å². The van der Waals surface area contributed by atoms with Crippen molar-refractivity contribution in [3.8, 4) is 22.5 Å². The molecule has 0 saturated carbocycles. The highest BCUT2D eigenvalue weighted by atomic mass is 16.4. The normalized spacial score (nSPS) is 12.7. The van der Waals surface area contributed by atoms with Gasteiger partial charge in [-0.3, -0.25) is 9.97 Å². The van der Waals surface area contributed by atoms with Crippen molar-refractivity contribution in [2.45, 2.75) is 0 Å². The third kappa shape index (κ3) is 3.77. The van der Waals surface area contributed by atoms with Crippen LogP contribution in [0.1, 0.15) is 21.5 Å². The van der Waals surface area contributed by atoms with Gasteiger partial charge >= 0.3 is 5.97 Å². The summed E-state index contributed by atoms with van der Waals surface area (Å²) in [6.07, 6.45) is 5.14. The summed E-state index contributed by atoms with van der Waals surface area (Å²) in [6.45, 7) is 0. The summed E-state index contributed by atoms with van der Waals surface area (Å²) in [5.74, 6) is -0.137. The van der Waals surface area contributed by atoms with E-state index in [0.29, 0.717) is 22.2 Å². The van der Waals surface area contributed by atoms with Crippen molar-refractivity contribution in [3.05, 3.63) is 114 Å². The highest BCUT2D eigenvalue weighted by Gasteiger charge is 2.28. The fourth-order valence-corrected chi connectivity index (χ4v) is 4.67. The molecule has 3 aromatic heterocycles. The molecule has 6 aromatic rings. The molecule has 3 heterocycles. The molecule has 1 aliphatic rings. The Bertz CT molecular complexity index is 1800. The fourth-order valence-electron chi connectivity index (χ4n) is 4.67. The maximum absolute atomic E-state index is 10.8. The second-order valence-electron chi connectivity index (χ2n) is 8.38. The number of rotatable bonds is 2. The van der Waals surface area contributed by atoms with Crippen molar-refractivity contribution in [1.82, 2.24) is 19.9 Å². The average Bonchev–Trinajstić information content (AvgIpc) is 3.52. The van der Waals surface area contributed by atoms with Gasteiger partial charge in [0.25, 0.3) is 0 Å². The molecule has 3 N–H and O–H groups in total. The van der Waals surface area contributed by atoms with Crippen molar-refractivity contribution in [2.75, 3.05) is 0 Å². The number of H-pyrrole nitrogens is 1. The van der Waals surface area contributed by atoms with Crippen molar-refractivity contribution in [2.24, 2.45) is 5.16 Å². The van der Waals surface area contributed by atoms with Crippen LogP contribution in [0.3, 0.4) is 0 Å². The number of oxime groups is 1. The minimum atomic E-state index is -0.918. The first kappa shape index (κ1) is 22.1. The van der Waals surface area contributed by atoms with Crippen LogP contribution >= 0.6 is 0 Å². The zero-order valence-corrected chi connectivity index (χ0v) is 19.3. The number of aromatic carboxylic acids is 1. The van der Waals surface area contributed by atoms with E-state index in [1.54, 1.807) is 48.9 Å².